The molecule has 4 rings (SSSR count). The molecule has 1 saturated carbocycles. The molecule has 1 aromatic carbocycles. The first kappa shape index (κ1) is 21.4. The number of benzene rings is 1. The molecular formula is C23H27N5O2S. The number of carbonyl (C=O) groups excluding carboxylic acids is 2. The lowest BCUT2D eigenvalue weighted by Crippen LogP contribution is -2.15. The number of anilines is 1. The third-order valence-electron chi connectivity index (χ3n) is 5.82. The SMILES string of the molecule is Cc1nc2c(C(N)=O)cnn2c(C)c1CCC(=O)Nc1ccc(SC2CCCC2)cc1. The van der Waals surface area contributed by atoms with Crippen LogP contribution in [0.3, 0.4) is 0 Å². The fraction of sp³-hybridized carbons (Fsp3) is 0.391. The molecule has 0 atom stereocenters. The van der Waals surface area contributed by atoms with Gasteiger partial charge >= 0.3 is 0 Å². The van der Waals surface area contributed by atoms with Crippen molar-refractivity contribution in [3.8, 4) is 0 Å². The van der Waals surface area contributed by atoms with E-state index < -0.39 is 5.91 Å². The summed E-state index contributed by atoms with van der Waals surface area (Å²) >= 11 is 1.94. The number of hydrogen-bond acceptors (Lipinski definition) is 5. The van der Waals surface area contributed by atoms with Crippen LogP contribution in [0, 0.1) is 13.8 Å². The third-order valence-corrected chi connectivity index (χ3v) is 7.17. The summed E-state index contributed by atoms with van der Waals surface area (Å²) < 4.78 is 1.61. The molecule has 0 radical (unpaired) electrons. The molecule has 1 aliphatic carbocycles. The van der Waals surface area contributed by atoms with Crippen molar-refractivity contribution < 1.29 is 9.59 Å². The first-order chi connectivity index (χ1) is 14.9. The highest BCUT2D eigenvalue weighted by Crippen LogP contribution is 2.35. The van der Waals surface area contributed by atoms with Gasteiger partial charge < -0.3 is 11.1 Å². The largest absolute Gasteiger partial charge is 0.365 e. The minimum Gasteiger partial charge on any atom is -0.365 e. The van der Waals surface area contributed by atoms with Gasteiger partial charge in [-0.05, 0) is 62.9 Å². The van der Waals surface area contributed by atoms with Crippen LogP contribution in [0.1, 0.15) is 59.4 Å². The van der Waals surface area contributed by atoms with Gasteiger partial charge in [0.25, 0.3) is 5.91 Å². The maximum atomic E-state index is 12.5. The lowest BCUT2D eigenvalue weighted by atomic mass is 10.1. The second-order valence-corrected chi connectivity index (χ2v) is 9.39. The van der Waals surface area contributed by atoms with Crippen LogP contribution in [-0.4, -0.2) is 31.7 Å². The topological polar surface area (TPSA) is 102 Å². The molecule has 2 aromatic heterocycles. The van der Waals surface area contributed by atoms with E-state index in [1.165, 1.54) is 36.8 Å². The quantitative estimate of drug-likeness (QED) is 0.580. The molecule has 7 nitrogen and oxygen atoms in total. The van der Waals surface area contributed by atoms with E-state index in [9.17, 15) is 9.59 Å². The molecule has 3 aromatic rings. The number of carbonyl (C=O) groups is 2. The van der Waals surface area contributed by atoms with Crippen molar-refractivity contribution >= 4 is 34.9 Å². The van der Waals surface area contributed by atoms with Gasteiger partial charge in [0.1, 0.15) is 5.56 Å². The highest BCUT2D eigenvalue weighted by atomic mass is 32.2. The van der Waals surface area contributed by atoms with Crippen LogP contribution in [0.25, 0.3) is 5.65 Å². The van der Waals surface area contributed by atoms with Gasteiger partial charge in [-0.3, -0.25) is 9.59 Å². The van der Waals surface area contributed by atoms with Crippen molar-refractivity contribution in [3.05, 3.63) is 53.0 Å². The molecule has 8 heteroatoms. The molecule has 0 bridgehead atoms. The zero-order valence-electron chi connectivity index (χ0n) is 17.9. The van der Waals surface area contributed by atoms with Crippen molar-refractivity contribution in [2.24, 2.45) is 5.73 Å². The maximum Gasteiger partial charge on any atom is 0.254 e. The number of hydrogen-bond donors (Lipinski definition) is 2. The molecule has 0 spiro atoms. The predicted octanol–water partition coefficient (Wildman–Crippen LogP) is 4.05. The number of nitrogens with zero attached hydrogens (tertiary/aromatic N) is 3. The Morgan fingerprint density at radius 1 is 1.19 bits per heavy atom. The van der Waals surface area contributed by atoms with Crippen LogP contribution in [0.15, 0.2) is 35.4 Å². The molecule has 3 N–H and O–H groups in total. The highest BCUT2D eigenvalue weighted by molar-refractivity contribution is 8.00. The number of nitrogens with one attached hydrogen (secondary N) is 1. The van der Waals surface area contributed by atoms with Crippen molar-refractivity contribution in [1.82, 2.24) is 14.6 Å². The lowest BCUT2D eigenvalue weighted by Gasteiger charge is -2.12. The summed E-state index contributed by atoms with van der Waals surface area (Å²) in [5.74, 6) is -0.602. The summed E-state index contributed by atoms with van der Waals surface area (Å²) in [5, 5.41) is 7.94. The Bertz CT molecular complexity index is 1120. The van der Waals surface area contributed by atoms with Crippen LogP contribution in [0.4, 0.5) is 5.69 Å². The van der Waals surface area contributed by atoms with E-state index in [1.54, 1.807) is 4.52 Å². The lowest BCUT2D eigenvalue weighted by molar-refractivity contribution is -0.116. The van der Waals surface area contributed by atoms with Crippen LogP contribution in [0.5, 0.6) is 0 Å². The normalized spacial score (nSPS) is 14.3. The zero-order chi connectivity index (χ0) is 22.0. The number of amides is 2. The monoisotopic (exact) mass is 437 g/mol. The standard InChI is InChI=1S/C23H27N5O2S/c1-14-19(15(2)28-23(26-14)20(13-25-28)22(24)30)11-12-21(29)27-16-7-9-18(10-8-16)31-17-5-3-4-6-17/h7-10,13,17H,3-6,11-12H2,1-2H3,(H2,24,30)(H,27,29). The van der Waals surface area contributed by atoms with Crippen LogP contribution in [0.2, 0.25) is 0 Å². The molecule has 0 aliphatic heterocycles. The molecule has 162 valence electrons. The number of fused-ring (bicyclic) bond motifs is 1. The summed E-state index contributed by atoms with van der Waals surface area (Å²) in [7, 11) is 0. The van der Waals surface area contributed by atoms with E-state index in [2.05, 4.69) is 27.5 Å². The van der Waals surface area contributed by atoms with Gasteiger partial charge in [-0.1, -0.05) is 12.8 Å². The van der Waals surface area contributed by atoms with Crippen molar-refractivity contribution in [2.75, 3.05) is 5.32 Å². The van der Waals surface area contributed by atoms with Crippen LogP contribution in [-0.2, 0) is 11.2 Å². The van der Waals surface area contributed by atoms with E-state index >= 15 is 0 Å². The second-order valence-electron chi connectivity index (χ2n) is 8.02. The van der Waals surface area contributed by atoms with Crippen LogP contribution < -0.4 is 11.1 Å². The van der Waals surface area contributed by atoms with E-state index in [0.29, 0.717) is 24.1 Å². The molecule has 1 fully saturated rings. The number of nitrogens with two attached hydrogens (primary N) is 1. The number of thioether (sulfide) groups is 1. The Kier molecular flexibility index (Phi) is 6.27. The van der Waals surface area contributed by atoms with E-state index in [4.69, 9.17) is 5.73 Å². The second kappa shape index (κ2) is 9.09. The van der Waals surface area contributed by atoms with Crippen LogP contribution >= 0.6 is 11.8 Å². The average Bonchev–Trinajstić information content (AvgIpc) is 3.39. The minimum absolute atomic E-state index is 0.0478. The highest BCUT2D eigenvalue weighted by Gasteiger charge is 2.18. The van der Waals surface area contributed by atoms with E-state index in [1.807, 2.05) is 37.7 Å². The summed E-state index contributed by atoms with van der Waals surface area (Å²) in [6.07, 6.45) is 7.56. The van der Waals surface area contributed by atoms with Gasteiger partial charge in [-0.2, -0.15) is 5.10 Å². The minimum atomic E-state index is -0.555. The van der Waals surface area contributed by atoms with Gasteiger partial charge in [0, 0.05) is 33.6 Å². The predicted molar refractivity (Wildman–Crippen MR) is 122 cm³/mol. The average molecular weight is 438 g/mol. The molecule has 0 unspecified atom stereocenters. The van der Waals surface area contributed by atoms with Gasteiger partial charge in [-0.15, -0.1) is 11.8 Å². The summed E-state index contributed by atoms with van der Waals surface area (Å²) in [5.41, 5.74) is 9.53. The van der Waals surface area contributed by atoms with Crippen molar-refractivity contribution in [1.29, 1.82) is 0 Å². The first-order valence-corrected chi connectivity index (χ1v) is 11.5. The van der Waals surface area contributed by atoms with Crippen molar-refractivity contribution in [2.45, 2.75) is 62.5 Å². The zero-order valence-corrected chi connectivity index (χ0v) is 18.7. The molecule has 2 heterocycles. The Morgan fingerprint density at radius 3 is 2.58 bits per heavy atom. The van der Waals surface area contributed by atoms with Crippen molar-refractivity contribution in [3.63, 3.8) is 0 Å². The van der Waals surface area contributed by atoms with Gasteiger partial charge in [0.2, 0.25) is 5.91 Å². The number of aryl methyl sites for hydroxylation is 2. The summed E-state index contributed by atoms with van der Waals surface area (Å²) in [6.45, 7) is 3.78. The number of primary amides is 1. The number of aromatic nitrogens is 3. The Labute approximate surface area is 185 Å². The molecule has 0 saturated heterocycles. The molecule has 31 heavy (non-hydrogen) atoms. The van der Waals surface area contributed by atoms with E-state index in [0.717, 1.165) is 27.9 Å². The third kappa shape index (κ3) is 4.74. The first-order valence-electron chi connectivity index (χ1n) is 10.6. The number of rotatable bonds is 7. The van der Waals surface area contributed by atoms with Gasteiger partial charge in [0.05, 0.1) is 6.20 Å². The Balaban J connectivity index is 1.38. The van der Waals surface area contributed by atoms with Gasteiger partial charge in [-0.25, -0.2) is 9.50 Å². The summed E-state index contributed by atoms with van der Waals surface area (Å²) in [4.78, 5) is 29.8. The Hall–Kier alpha value is -2.87. The molecular weight excluding hydrogens is 410 g/mol. The fourth-order valence-electron chi connectivity index (χ4n) is 4.12. The van der Waals surface area contributed by atoms with E-state index in [-0.39, 0.29) is 5.91 Å². The Morgan fingerprint density at radius 2 is 1.90 bits per heavy atom. The van der Waals surface area contributed by atoms with Gasteiger partial charge in [0.15, 0.2) is 5.65 Å². The maximum absolute atomic E-state index is 12.5. The summed E-state index contributed by atoms with van der Waals surface area (Å²) in [6, 6.07) is 8.10. The smallest absolute Gasteiger partial charge is 0.254 e. The molecule has 1 aliphatic rings. The molecule has 2 amide bonds. The fourth-order valence-corrected chi connectivity index (χ4v) is 5.37.